The van der Waals surface area contributed by atoms with Crippen molar-refractivity contribution in [3.8, 4) is 11.5 Å². The molecule has 0 bridgehead atoms. The zero-order valence-corrected chi connectivity index (χ0v) is 12.3. The van der Waals surface area contributed by atoms with Crippen LogP contribution in [-0.2, 0) is 17.8 Å². The van der Waals surface area contributed by atoms with E-state index < -0.39 is 0 Å². The molecule has 3 rings (SSSR count). The molecule has 0 saturated carbocycles. The van der Waals surface area contributed by atoms with Crippen LogP contribution in [0.25, 0.3) is 10.9 Å². The molecule has 2 aromatic carbocycles. The first-order valence-electron chi connectivity index (χ1n) is 7.10. The molecular weight excluding hydrogens is 278 g/mol. The highest BCUT2D eigenvalue weighted by molar-refractivity contribution is 5.88. The number of nitrogens with one attached hydrogen (secondary N) is 1. The Morgan fingerprint density at radius 3 is 2.68 bits per heavy atom. The molecule has 0 aliphatic heterocycles. The van der Waals surface area contributed by atoms with Crippen molar-refractivity contribution in [3.05, 3.63) is 59.8 Å². The molecule has 1 heterocycles. The lowest BCUT2D eigenvalue weighted by molar-refractivity contribution is -0.107. The van der Waals surface area contributed by atoms with E-state index in [1.54, 1.807) is 7.11 Å². The van der Waals surface area contributed by atoms with Crippen LogP contribution in [0.15, 0.2) is 48.7 Å². The van der Waals surface area contributed by atoms with Crippen LogP contribution in [0.2, 0.25) is 0 Å². The van der Waals surface area contributed by atoms with Gasteiger partial charge in [0.05, 0.1) is 7.11 Å². The van der Waals surface area contributed by atoms with Crippen molar-refractivity contribution in [2.45, 2.75) is 13.0 Å². The average Bonchev–Trinajstić information content (AvgIpc) is 2.95. The van der Waals surface area contributed by atoms with Gasteiger partial charge in [-0.1, -0.05) is 30.3 Å². The zero-order chi connectivity index (χ0) is 15.4. The number of aromatic nitrogens is 1. The molecule has 0 spiro atoms. The van der Waals surface area contributed by atoms with E-state index in [9.17, 15) is 4.79 Å². The van der Waals surface area contributed by atoms with Gasteiger partial charge in [-0.3, -0.25) is 0 Å². The van der Waals surface area contributed by atoms with E-state index in [1.807, 2.05) is 48.7 Å². The highest BCUT2D eigenvalue weighted by atomic mass is 16.5. The minimum Gasteiger partial charge on any atom is -0.493 e. The van der Waals surface area contributed by atoms with Gasteiger partial charge in [-0.05, 0) is 17.2 Å². The fourth-order valence-electron chi connectivity index (χ4n) is 2.45. The van der Waals surface area contributed by atoms with Gasteiger partial charge >= 0.3 is 0 Å². The number of carbonyl (C=O) groups is 1. The molecule has 4 heteroatoms. The van der Waals surface area contributed by atoms with E-state index in [0.29, 0.717) is 24.5 Å². The molecule has 0 radical (unpaired) electrons. The van der Waals surface area contributed by atoms with Crippen LogP contribution < -0.4 is 9.47 Å². The van der Waals surface area contributed by atoms with Crippen LogP contribution >= 0.6 is 0 Å². The number of H-pyrrole nitrogens is 1. The molecule has 22 heavy (non-hydrogen) atoms. The highest BCUT2D eigenvalue weighted by Crippen LogP contribution is 2.34. The Morgan fingerprint density at radius 1 is 1.14 bits per heavy atom. The number of fused-ring (bicyclic) bond motifs is 1. The first-order valence-corrected chi connectivity index (χ1v) is 7.10. The van der Waals surface area contributed by atoms with E-state index in [0.717, 1.165) is 28.3 Å². The summed E-state index contributed by atoms with van der Waals surface area (Å²) in [5, 5.41) is 0.982. The number of hydrogen-bond acceptors (Lipinski definition) is 3. The van der Waals surface area contributed by atoms with Gasteiger partial charge in [0.15, 0.2) is 11.5 Å². The number of rotatable bonds is 6. The molecule has 112 valence electrons. The largest absolute Gasteiger partial charge is 0.493 e. The predicted octanol–water partition coefficient (Wildman–Crippen LogP) is 3.50. The maximum atomic E-state index is 10.8. The number of hydrogen-bond donors (Lipinski definition) is 1. The lowest BCUT2D eigenvalue weighted by Gasteiger charge is -2.11. The van der Waals surface area contributed by atoms with Gasteiger partial charge in [-0.25, -0.2) is 0 Å². The van der Waals surface area contributed by atoms with Gasteiger partial charge in [0.2, 0.25) is 0 Å². The summed E-state index contributed by atoms with van der Waals surface area (Å²) in [6.07, 6.45) is 3.13. The Balaban J connectivity index is 1.92. The molecule has 0 aliphatic rings. The van der Waals surface area contributed by atoms with Crippen molar-refractivity contribution in [3.63, 3.8) is 0 Å². The molecule has 0 amide bonds. The lowest BCUT2D eigenvalue weighted by Crippen LogP contribution is -1.97. The van der Waals surface area contributed by atoms with Crippen molar-refractivity contribution in [1.29, 1.82) is 0 Å². The van der Waals surface area contributed by atoms with Gasteiger partial charge in [0.1, 0.15) is 12.9 Å². The van der Waals surface area contributed by atoms with Crippen LogP contribution in [0.5, 0.6) is 11.5 Å². The monoisotopic (exact) mass is 295 g/mol. The summed E-state index contributed by atoms with van der Waals surface area (Å²) in [6, 6.07) is 13.8. The fraction of sp³-hybridized carbons (Fsp3) is 0.167. The normalized spacial score (nSPS) is 10.6. The number of benzene rings is 2. The Labute approximate surface area is 128 Å². The fourth-order valence-corrected chi connectivity index (χ4v) is 2.45. The smallest absolute Gasteiger partial charge is 0.162 e. The minimum atomic E-state index is 0.379. The van der Waals surface area contributed by atoms with Gasteiger partial charge in [0, 0.05) is 29.6 Å². The maximum Gasteiger partial charge on any atom is 0.162 e. The quantitative estimate of drug-likeness (QED) is 0.708. The van der Waals surface area contributed by atoms with Crippen molar-refractivity contribution in [2.24, 2.45) is 0 Å². The number of aromatic amines is 1. The standard InChI is InChI=1S/C18H17NO3/c1-21-17-10-16-15(14(7-8-20)11-19-16)9-18(17)22-12-13-5-3-2-4-6-13/h2-6,8-11,19H,7,12H2,1H3. The van der Waals surface area contributed by atoms with Gasteiger partial charge < -0.3 is 19.3 Å². The van der Waals surface area contributed by atoms with Crippen molar-refractivity contribution in [2.75, 3.05) is 7.11 Å². The SMILES string of the molecule is COc1cc2[nH]cc(CC=O)c2cc1OCc1ccccc1. The van der Waals surface area contributed by atoms with E-state index in [1.165, 1.54) is 0 Å². The first kappa shape index (κ1) is 14.2. The lowest BCUT2D eigenvalue weighted by atomic mass is 10.1. The van der Waals surface area contributed by atoms with E-state index >= 15 is 0 Å². The molecule has 0 saturated heterocycles. The zero-order valence-electron chi connectivity index (χ0n) is 12.3. The van der Waals surface area contributed by atoms with E-state index in [4.69, 9.17) is 9.47 Å². The molecule has 0 fully saturated rings. The molecule has 3 aromatic rings. The number of ether oxygens (including phenoxy) is 2. The summed E-state index contributed by atoms with van der Waals surface area (Å²) in [6.45, 7) is 0.468. The van der Waals surface area contributed by atoms with Crippen LogP contribution in [0, 0.1) is 0 Å². The third-order valence-electron chi connectivity index (χ3n) is 3.59. The maximum absolute atomic E-state index is 10.8. The van der Waals surface area contributed by atoms with Crippen LogP contribution in [0.3, 0.4) is 0 Å². The van der Waals surface area contributed by atoms with Crippen molar-refractivity contribution >= 4 is 17.2 Å². The molecule has 0 aliphatic carbocycles. The summed E-state index contributed by atoms with van der Waals surface area (Å²) >= 11 is 0. The third kappa shape index (κ3) is 2.81. The molecule has 1 aromatic heterocycles. The number of methoxy groups -OCH3 is 1. The summed E-state index contributed by atoms with van der Waals surface area (Å²) in [5.41, 5.74) is 2.98. The Bertz CT molecular complexity index is 778. The third-order valence-corrected chi connectivity index (χ3v) is 3.59. The number of carbonyl (C=O) groups excluding carboxylic acids is 1. The summed E-state index contributed by atoms with van der Waals surface area (Å²) in [7, 11) is 1.62. The van der Waals surface area contributed by atoms with E-state index in [2.05, 4.69) is 4.98 Å². The second-order valence-corrected chi connectivity index (χ2v) is 5.01. The van der Waals surface area contributed by atoms with Crippen molar-refractivity contribution in [1.82, 2.24) is 4.98 Å². The van der Waals surface area contributed by atoms with Gasteiger partial charge in [-0.2, -0.15) is 0 Å². The second-order valence-electron chi connectivity index (χ2n) is 5.01. The van der Waals surface area contributed by atoms with Crippen LogP contribution in [0.1, 0.15) is 11.1 Å². The summed E-state index contributed by atoms with van der Waals surface area (Å²) < 4.78 is 11.3. The topological polar surface area (TPSA) is 51.3 Å². The Kier molecular flexibility index (Phi) is 4.10. The molecular formula is C18H17NO3. The predicted molar refractivity (Wildman–Crippen MR) is 85.4 cm³/mol. The summed E-state index contributed by atoms with van der Waals surface area (Å²) in [4.78, 5) is 13.9. The van der Waals surface area contributed by atoms with Crippen LogP contribution in [0.4, 0.5) is 0 Å². The number of aldehydes is 1. The minimum absolute atomic E-state index is 0.379. The molecule has 4 nitrogen and oxygen atoms in total. The highest BCUT2D eigenvalue weighted by Gasteiger charge is 2.11. The molecule has 0 unspecified atom stereocenters. The molecule has 1 N–H and O–H groups in total. The first-order chi connectivity index (χ1) is 10.8. The summed E-state index contributed by atoms with van der Waals surface area (Å²) in [5.74, 6) is 1.34. The van der Waals surface area contributed by atoms with E-state index in [-0.39, 0.29) is 0 Å². The second kappa shape index (κ2) is 6.35. The Hall–Kier alpha value is -2.75. The average molecular weight is 295 g/mol. The van der Waals surface area contributed by atoms with Gasteiger partial charge in [0.25, 0.3) is 0 Å². The molecule has 0 atom stereocenters. The van der Waals surface area contributed by atoms with Crippen LogP contribution in [-0.4, -0.2) is 18.4 Å². The van der Waals surface area contributed by atoms with Gasteiger partial charge in [-0.15, -0.1) is 0 Å². The van der Waals surface area contributed by atoms with Crippen molar-refractivity contribution < 1.29 is 14.3 Å². The Morgan fingerprint density at radius 2 is 1.95 bits per heavy atom.